The molecule has 5 nitrogen and oxygen atoms in total. The molecule has 18 heavy (non-hydrogen) atoms. The molecule has 0 aliphatic rings. The summed E-state index contributed by atoms with van der Waals surface area (Å²) in [4.78, 5) is 4.38. The molecule has 2 rings (SSSR count). The van der Waals surface area contributed by atoms with E-state index in [1.54, 1.807) is 7.11 Å². The van der Waals surface area contributed by atoms with E-state index in [2.05, 4.69) is 30.9 Å². The number of hydrogen-bond acceptors (Lipinski definition) is 6. The molecule has 0 fully saturated rings. The van der Waals surface area contributed by atoms with Crippen molar-refractivity contribution in [2.24, 2.45) is 5.41 Å². The molecule has 2 aromatic heterocycles. The fourth-order valence-electron chi connectivity index (χ4n) is 1.79. The molecule has 0 saturated carbocycles. The van der Waals surface area contributed by atoms with Gasteiger partial charge in [-0.15, -0.1) is 11.3 Å². The highest BCUT2D eigenvalue weighted by Crippen LogP contribution is 2.36. The Morgan fingerprint density at radius 1 is 1.44 bits per heavy atom. The van der Waals surface area contributed by atoms with Crippen LogP contribution in [-0.2, 0) is 4.74 Å². The van der Waals surface area contributed by atoms with Gasteiger partial charge in [-0.25, -0.2) is 0 Å². The summed E-state index contributed by atoms with van der Waals surface area (Å²) in [7, 11) is 1.64. The predicted octanol–water partition coefficient (Wildman–Crippen LogP) is 3.11. The summed E-state index contributed by atoms with van der Waals surface area (Å²) in [5, 5.41) is 6.56. The average Bonchev–Trinajstić information content (AvgIpc) is 2.85. The number of methoxy groups -OCH3 is 1. The summed E-state index contributed by atoms with van der Waals surface area (Å²) in [5.41, 5.74) is 6.51. The molecule has 0 spiro atoms. The van der Waals surface area contributed by atoms with Crippen LogP contribution in [0.4, 0.5) is 5.00 Å². The Morgan fingerprint density at radius 3 is 2.67 bits per heavy atom. The van der Waals surface area contributed by atoms with Gasteiger partial charge in [-0.2, -0.15) is 4.98 Å². The van der Waals surface area contributed by atoms with Crippen molar-refractivity contribution in [3.05, 3.63) is 17.3 Å². The van der Waals surface area contributed by atoms with Crippen LogP contribution in [0.2, 0.25) is 0 Å². The normalized spacial score (nSPS) is 13.8. The minimum atomic E-state index is -0.213. The quantitative estimate of drug-likeness (QED) is 0.924. The standard InChI is InChI=1S/C12H17N3O2S/c1-12(2,3)8(16-4)10-14-11(17-15-10)7-5-6-18-9(7)13/h5-6,8H,13H2,1-4H3. The summed E-state index contributed by atoms with van der Waals surface area (Å²) >= 11 is 1.45. The summed E-state index contributed by atoms with van der Waals surface area (Å²) in [6.07, 6.45) is -0.213. The highest BCUT2D eigenvalue weighted by atomic mass is 32.1. The molecule has 98 valence electrons. The van der Waals surface area contributed by atoms with Crippen LogP contribution in [0.5, 0.6) is 0 Å². The monoisotopic (exact) mass is 267 g/mol. The Balaban J connectivity index is 2.33. The van der Waals surface area contributed by atoms with Crippen LogP contribution in [0, 0.1) is 5.41 Å². The van der Waals surface area contributed by atoms with Crippen molar-refractivity contribution in [3.8, 4) is 11.5 Å². The Labute approximate surface area is 110 Å². The van der Waals surface area contributed by atoms with Crippen molar-refractivity contribution in [2.45, 2.75) is 26.9 Å². The molecule has 0 aliphatic carbocycles. The van der Waals surface area contributed by atoms with Crippen LogP contribution < -0.4 is 5.73 Å². The maximum atomic E-state index is 5.84. The van der Waals surface area contributed by atoms with Gasteiger partial charge in [0.1, 0.15) is 6.10 Å². The predicted molar refractivity (Wildman–Crippen MR) is 71.2 cm³/mol. The van der Waals surface area contributed by atoms with Gasteiger partial charge in [-0.1, -0.05) is 25.9 Å². The summed E-state index contributed by atoms with van der Waals surface area (Å²) in [6, 6.07) is 1.87. The van der Waals surface area contributed by atoms with Crippen LogP contribution in [0.1, 0.15) is 32.7 Å². The number of hydrogen-bond donors (Lipinski definition) is 1. The van der Waals surface area contributed by atoms with Crippen molar-refractivity contribution in [1.82, 2.24) is 10.1 Å². The average molecular weight is 267 g/mol. The third kappa shape index (κ3) is 2.39. The molecule has 6 heteroatoms. The van der Waals surface area contributed by atoms with Gasteiger partial charge < -0.3 is 15.0 Å². The molecule has 1 atom stereocenters. The lowest BCUT2D eigenvalue weighted by Gasteiger charge is -2.26. The zero-order chi connectivity index (χ0) is 13.3. The fourth-order valence-corrected chi connectivity index (χ4v) is 2.43. The SMILES string of the molecule is COC(c1noc(-c2ccsc2N)n1)C(C)(C)C. The van der Waals surface area contributed by atoms with Gasteiger partial charge in [0.05, 0.1) is 10.6 Å². The Kier molecular flexibility index (Phi) is 3.41. The van der Waals surface area contributed by atoms with E-state index in [4.69, 9.17) is 15.0 Å². The third-order valence-corrected chi connectivity index (χ3v) is 3.37. The number of nitrogens with two attached hydrogens (primary N) is 1. The summed E-state index contributed by atoms with van der Waals surface area (Å²) in [6.45, 7) is 6.20. The van der Waals surface area contributed by atoms with Crippen molar-refractivity contribution in [3.63, 3.8) is 0 Å². The van der Waals surface area contributed by atoms with E-state index in [1.807, 2.05) is 11.4 Å². The molecular weight excluding hydrogens is 250 g/mol. The van der Waals surface area contributed by atoms with Gasteiger partial charge in [0.2, 0.25) is 5.82 Å². The molecule has 0 aromatic carbocycles. The van der Waals surface area contributed by atoms with Crippen molar-refractivity contribution >= 4 is 16.3 Å². The maximum Gasteiger partial charge on any atom is 0.261 e. The second kappa shape index (κ2) is 4.70. The maximum absolute atomic E-state index is 5.84. The molecule has 1 unspecified atom stereocenters. The second-order valence-corrected chi connectivity index (χ2v) is 6.09. The highest BCUT2D eigenvalue weighted by molar-refractivity contribution is 7.14. The lowest BCUT2D eigenvalue weighted by molar-refractivity contribution is 0.00718. The zero-order valence-corrected chi connectivity index (χ0v) is 11.7. The van der Waals surface area contributed by atoms with E-state index < -0.39 is 0 Å². The highest BCUT2D eigenvalue weighted by Gasteiger charge is 2.30. The van der Waals surface area contributed by atoms with E-state index in [9.17, 15) is 0 Å². The Bertz CT molecular complexity index is 527. The molecule has 0 radical (unpaired) electrons. The third-order valence-electron chi connectivity index (χ3n) is 2.62. The number of anilines is 1. The number of rotatable bonds is 3. The van der Waals surface area contributed by atoms with Crippen molar-refractivity contribution in [1.29, 1.82) is 0 Å². The van der Waals surface area contributed by atoms with E-state index in [0.29, 0.717) is 16.7 Å². The number of nitrogen functional groups attached to an aromatic ring is 1. The molecule has 0 amide bonds. The van der Waals surface area contributed by atoms with E-state index >= 15 is 0 Å². The van der Waals surface area contributed by atoms with Gasteiger partial charge in [0.15, 0.2) is 0 Å². The largest absolute Gasteiger partial charge is 0.390 e. The molecule has 0 saturated heterocycles. The van der Waals surface area contributed by atoms with Crippen molar-refractivity contribution in [2.75, 3.05) is 12.8 Å². The Morgan fingerprint density at radius 2 is 2.17 bits per heavy atom. The fraction of sp³-hybridized carbons (Fsp3) is 0.500. The molecule has 2 aromatic rings. The molecular formula is C12H17N3O2S. The zero-order valence-electron chi connectivity index (χ0n) is 10.9. The minimum absolute atomic E-state index is 0.101. The minimum Gasteiger partial charge on any atom is -0.390 e. The van der Waals surface area contributed by atoms with Gasteiger partial charge in [0, 0.05) is 7.11 Å². The molecule has 2 heterocycles. The van der Waals surface area contributed by atoms with Crippen LogP contribution in [-0.4, -0.2) is 17.3 Å². The number of aromatic nitrogens is 2. The first-order valence-electron chi connectivity index (χ1n) is 5.63. The van der Waals surface area contributed by atoms with Crippen molar-refractivity contribution < 1.29 is 9.26 Å². The van der Waals surface area contributed by atoms with Crippen LogP contribution in [0.15, 0.2) is 16.0 Å². The number of thiophene rings is 1. The summed E-state index contributed by atoms with van der Waals surface area (Å²) < 4.78 is 10.7. The van der Waals surface area contributed by atoms with E-state index in [1.165, 1.54) is 11.3 Å². The lowest BCUT2D eigenvalue weighted by Crippen LogP contribution is -2.21. The lowest BCUT2D eigenvalue weighted by atomic mass is 9.88. The first kappa shape index (κ1) is 13.0. The smallest absolute Gasteiger partial charge is 0.261 e. The van der Waals surface area contributed by atoms with Gasteiger partial charge >= 0.3 is 0 Å². The Hall–Kier alpha value is -1.40. The first-order chi connectivity index (χ1) is 8.43. The van der Waals surface area contributed by atoms with Gasteiger partial charge in [-0.05, 0) is 16.9 Å². The van der Waals surface area contributed by atoms with Crippen LogP contribution in [0.3, 0.4) is 0 Å². The van der Waals surface area contributed by atoms with Crippen LogP contribution in [0.25, 0.3) is 11.5 Å². The van der Waals surface area contributed by atoms with Gasteiger partial charge in [0.25, 0.3) is 5.89 Å². The summed E-state index contributed by atoms with van der Waals surface area (Å²) in [5.74, 6) is 0.987. The van der Waals surface area contributed by atoms with E-state index in [0.717, 1.165) is 5.56 Å². The first-order valence-corrected chi connectivity index (χ1v) is 6.51. The van der Waals surface area contributed by atoms with E-state index in [-0.39, 0.29) is 11.5 Å². The van der Waals surface area contributed by atoms with Crippen LogP contribution >= 0.6 is 11.3 Å². The topological polar surface area (TPSA) is 74.2 Å². The number of ether oxygens (including phenoxy) is 1. The van der Waals surface area contributed by atoms with Gasteiger partial charge in [-0.3, -0.25) is 0 Å². The second-order valence-electron chi connectivity index (χ2n) is 5.14. The molecule has 0 bridgehead atoms. The number of nitrogens with zero attached hydrogens (tertiary/aromatic N) is 2. The molecule has 0 aliphatic heterocycles. The molecule has 2 N–H and O–H groups in total.